The summed E-state index contributed by atoms with van der Waals surface area (Å²) < 4.78 is 8.77. The van der Waals surface area contributed by atoms with Gasteiger partial charge in [0.15, 0.2) is 0 Å². The van der Waals surface area contributed by atoms with Gasteiger partial charge in [0.1, 0.15) is 11.9 Å². The van der Waals surface area contributed by atoms with Crippen LogP contribution in [0.4, 0.5) is 0 Å². The number of nitrogens with zero attached hydrogens (tertiary/aromatic N) is 3. The van der Waals surface area contributed by atoms with Crippen LogP contribution in [0, 0.1) is 0 Å². The summed E-state index contributed by atoms with van der Waals surface area (Å²) in [4.78, 5) is 10.3. The molecule has 0 radical (unpaired) electrons. The maximum atomic E-state index is 6.58. The molecule has 4 heteroatoms. The third-order valence-electron chi connectivity index (χ3n) is 7.61. The standard InChI is InChI=1S/C34H23N3O/c1-3-11-22(12-4-1)27-21-28(23-13-5-2-6-14-23)36-34(35-27)37-29-17-9-7-16-26(29)32-30(37)20-19-25-24-15-8-10-18-31(24)38-33(25)32/h1-21,25,33H. The smallest absolute Gasteiger partial charge is 0.235 e. The normalized spacial score (nSPS) is 17.1. The summed E-state index contributed by atoms with van der Waals surface area (Å²) >= 11 is 0. The SMILES string of the molecule is C1=CC2c3ccccc3OC2c2c1n(-c1nc(-c3ccccc3)cc(-c3ccccc3)n1)c1ccccc21. The maximum Gasteiger partial charge on any atom is 0.235 e. The molecule has 0 N–H and O–H groups in total. The molecule has 6 aromatic rings. The van der Waals surface area contributed by atoms with E-state index in [1.807, 2.05) is 42.5 Å². The van der Waals surface area contributed by atoms with Gasteiger partial charge in [-0.2, -0.15) is 0 Å². The van der Waals surface area contributed by atoms with Crippen LogP contribution < -0.4 is 4.74 Å². The number of benzene rings is 4. The minimum Gasteiger partial charge on any atom is -0.484 e. The number of aromatic nitrogens is 3. The van der Waals surface area contributed by atoms with Gasteiger partial charge in [-0.3, -0.25) is 4.57 Å². The van der Waals surface area contributed by atoms with E-state index in [9.17, 15) is 0 Å². The van der Waals surface area contributed by atoms with Gasteiger partial charge in [0.05, 0.1) is 22.6 Å². The molecule has 2 aromatic heterocycles. The summed E-state index contributed by atoms with van der Waals surface area (Å²) in [5, 5.41) is 1.17. The number of hydrogen-bond donors (Lipinski definition) is 0. The lowest BCUT2D eigenvalue weighted by Crippen LogP contribution is -2.14. The Morgan fingerprint density at radius 2 is 1.29 bits per heavy atom. The van der Waals surface area contributed by atoms with Crippen LogP contribution in [0.5, 0.6) is 5.75 Å². The molecule has 0 bridgehead atoms. The molecule has 2 atom stereocenters. The van der Waals surface area contributed by atoms with Crippen LogP contribution in [0.15, 0.2) is 121 Å². The third kappa shape index (κ3) is 3.17. The minimum atomic E-state index is -0.0792. The molecule has 0 saturated heterocycles. The predicted octanol–water partition coefficient (Wildman–Crippen LogP) is 8.00. The Hall–Kier alpha value is -4.96. The van der Waals surface area contributed by atoms with Gasteiger partial charge in [-0.1, -0.05) is 103 Å². The molecule has 2 unspecified atom stereocenters. The summed E-state index contributed by atoms with van der Waals surface area (Å²) in [6, 6.07) is 39.6. The molecular formula is C34H23N3O. The first-order chi connectivity index (χ1) is 18.8. The Bertz CT molecular complexity index is 1800. The molecule has 180 valence electrons. The molecule has 0 amide bonds. The van der Waals surface area contributed by atoms with Crippen LogP contribution in [0.2, 0.25) is 0 Å². The number of ether oxygens (including phenoxy) is 1. The van der Waals surface area contributed by atoms with Crippen LogP contribution in [0.1, 0.15) is 28.8 Å². The number of para-hydroxylation sites is 2. The highest BCUT2D eigenvalue weighted by Crippen LogP contribution is 2.52. The molecule has 4 nitrogen and oxygen atoms in total. The zero-order chi connectivity index (χ0) is 25.1. The monoisotopic (exact) mass is 489 g/mol. The van der Waals surface area contributed by atoms with E-state index in [4.69, 9.17) is 14.7 Å². The summed E-state index contributed by atoms with van der Waals surface area (Å²) in [5.41, 5.74) is 8.49. The summed E-state index contributed by atoms with van der Waals surface area (Å²) in [5.74, 6) is 1.81. The molecule has 3 heterocycles. The van der Waals surface area contributed by atoms with E-state index in [2.05, 4.69) is 89.5 Å². The molecule has 0 fully saturated rings. The summed E-state index contributed by atoms with van der Waals surface area (Å²) in [6.07, 6.45) is 4.42. The first-order valence-corrected chi connectivity index (χ1v) is 12.9. The van der Waals surface area contributed by atoms with Gasteiger partial charge in [-0.25, -0.2) is 9.97 Å². The Balaban J connectivity index is 1.39. The maximum absolute atomic E-state index is 6.58. The van der Waals surface area contributed by atoms with E-state index in [-0.39, 0.29) is 12.0 Å². The Morgan fingerprint density at radius 3 is 2.03 bits per heavy atom. The van der Waals surface area contributed by atoms with E-state index in [0.29, 0.717) is 5.95 Å². The van der Waals surface area contributed by atoms with Gasteiger partial charge in [-0.05, 0) is 24.3 Å². The van der Waals surface area contributed by atoms with Crippen LogP contribution >= 0.6 is 0 Å². The first kappa shape index (κ1) is 21.2. The van der Waals surface area contributed by atoms with Crippen molar-refractivity contribution in [3.8, 4) is 34.2 Å². The molecule has 0 spiro atoms. The highest BCUT2D eigenvalue weighted by atomic mass is 16.5. The first-order valence-electron chi connectivity index (χ1n) is 12.9. The van der Waals surface area contributed by atoms with Crippen LogP contribution in [0.3, 0.4) is 0 Å². The zero-order valence-corrected chi connectivity index (χ0v) is 20.5. The zero-order valence-electron chi connectivity index (χ0n) is 20.5. The van der Waals surface area contributed by atoms with Gasteiger partial charge in [-0.15, -0.1) is 0 Å². The van der Waals surface area contributed by atoms with Gasteiger partial charge in [0.25, 0.3) is 0 Å². The van der Waals surface area contributed by atoms with Crippen molar-refractivity contribution in [1.82, 2.24) is 14.5 Å². The van der Waals surface area contributed by atoms with Crippen molar-refractivity contribution in [3.05, 3.63) is 138 Å². The van der Waals surface area contributed by atoms with Gasteiger partial charge in [0, 0.05) is 33.6 Å². The lowest BCUT2D eigenvalue weighted by atomic mass is 9.86. The molecule has 38 heavy (non-hydrogen) atoms. The second kappa shape index (κ2) is 8.29. The van der Waals surface area contributed by atoms with E-state index in [0.717, 1.165) is 39.5 Å². The quantitative estimate of drug-likeness (QED) is 0.253. The minimum absolute atomic E-state index is 0.0792. The average Bonchev–Trinajstić information content (AvgIpc) is 3.53. The van der Waals surface area contributed by atoms with Gasteiger partial charge >= 0.3 is 0 Å². The fourth-order valence-electron chi connectivity index (χ4n) is 5.89. The lowest BCUT2D eigenvalue weighted by Gasteiger charge is -2.22. The van der Waals surface area contributed by atoms with Crippen LogP contribution in [0.25, 0.3) is 45.4 Å². The highest BCUT2D eigenvalue weighted by molar-refractivity contribution is 5.91. The fraction of sp³-hybridized carbons (Fsp3) is 0.0588. The van der Waals surface area contributed by atoms with Crippen molar-refractivity contribution >= 4 is 17.0 Å². The van der Waals surface area contributed by atoms with Crippen LogP contribution in [-0.4, -0.2) is 14.5 Å². The molecule has 4 aromatic carbocycles. The van der Waals surface area contributed by atoms with E-state index >= 15 is 0 Å². The van der Waals surface area contributed by atoms with Crippen molar-refractivity contribution in [2.75, 3.05) is 0 Å². The van der Waals surface area contributed by atoms with Crippen LogP contribution in [-0.2, 0) is 0 Å². The lowest BCUT2D eigenvalue weighted by molar-refractivity contribution is 0.224. The molecule has 1 aliphatic heterocycles. The van der Waals surface area contributed by atoms with Gasteiger partial charge < -0.3 is 4.74 Å². The second-order valence-corrected chi connectivity index (χ2v) is 9.78. The Labute approximate surface area is 220 Å². The van der Waals surface area contributed by atoms with Crippen molar-refractivity contribution in [3.63, 3.8) is 0 Å². The summed E-state index contributed by atoms with van der Waals surface area (Å²) in [7, 11) is 0. The van der Waals surface area contributed by atoms with Gasteiger partial charge in [0.2, 0.25) is 5.95 Å². The number of hydrogen-bond acceptors (Lipinski definition) is 3. The van der Waals surface area contributed by atoms with Crippen molar-refractivity contribution < 1.29 is 4.74 Å². The second-order valence-electron chi connectivity index (χ2n) is 9.78. The molecule has 0 saturated carbocycles. The largest absolute Gasteiger partial charge is 0.484 e. The fourth-order valence-corrected chi connectivity index (χ4v) is 5.89. The third-order valence-corrected chi connectivity index (χ3v) is 7.61. The Morgan fingerprint density at radius 1 is 0.658 bits per heavy atom. The molecule has 1 aliphatic carbocycles. The summed E-state index contributed by atoms with van der Waals surface area (Å²) in [6.45, 7) is 0. The topological polar surface area (TPSA) is 39.9 Å². The van der Waals surface area contributed by atoms with Crippen molar-refractivity contribution in [2.24, 2.45) is 0 Å². The van der Waals surface area contributed by atoms with Crippen molar-refractivity contribution in [1.29, 1.82) is 0 Å². The molecule has 8 rings (SSSR count). The molecular weight excluding hydrogens is 466 g/mol. The van der Waals surface area contributed by atoms with E-state index in [1.54, 1.807) is 0 Å². The average molecular weight is 490 g/mol. The Kier molecular flexibility index (Phi) is 4.61. The number of fused-ring (bicyclic) bond motifs is 7. The molecule has 2 aliphatic rings. The highest BCUT2D eigenvalue weighted by Gasteiger charge is 2.40. The van der Waals surface area contributed by atoms with Crippen molar-refractivity contribution in [2.45, 2.75) is 12.0 Å². The van der Waals surface area contributed by atoms with E-state index in [1.165, 1.54) is 16.5 Å². The number of rotatable bonds is 3. The van der Waals surface area contributed by atoms with E-state index < -0.39 is 0 Å². The predicted molar refractivity (Wildman–Crippen MR) is 151 cm³/mol.